The maximum atomic E-state index is 14.2. The molecule has 133 heavy (non-hydrogen) atoms. The number of esters is 1. The van der Waals surface area contributed by atoms with Crippen LogP contribution in [0.3, 0.4) is 0 Å². The number of Topliss-reactive ketones (excluding diaryl/α,β-unsaturated/α-hetero) is 1. The summed E-state index contributed by atoms with van der Waals surface area (Å²) >= 11 is 3.20. The third kappa shape index (κ3) is 32.4. The maximum absolute atomic E-state index is 14.2. The Morgan fingerprint density at radius 3 is 1.05 bits per heavy atom. The molecule has 0 radical (unpaired) electrons. The van der Waals surface area contributed by atoms with E-state index < -0.39 is 17.8 Å². The Balaban J connectivity index is 0.000000169. The monoisotopic (exact) mass is 1880 g/mol. The average Bonchev–Trinajstić information content (AvgIpc) is 1.69. The number of amides is 12. The van der Waals surface area contributed by atoms with E-state index in [4.69, 9.17) is 4.74 Å². The van der Waals surface area contributed by atoms with Crippen LogP contribution in [0.25, 0.3) is 0 Å². The SMILES string of the molecule is CC(=O)CCCCC[C@@H](NC1CCCCC1)C(=O)N1CC[C@@H](NC(=O)N2CCC3(CC2)CC3)[C@@H](C(=O)NCc2cccs2)C1.CC(=O)OCCCC[C@@H](NC1CCCCC1)C(=O)N1CC[C@@H](NC(=O)N2CCC3(CC2)CC3)[C@@H](C(=O)NCc2cccs2)C1.C[N+](C)(C)CCCC[C@@H](NC1CCCCC1)C(=O)N1CC[C@@H](NC(=O)N2CCC3(CC2)CC3)[C@@H](C(=O)NCc2ccccc2)C1. The number of quaternary nitrogens is 1. The van der Waals surface area contributed by atoms with Crippen molar-refractivity contribution in [1.82, 2.24) is 77.3 Å². The third-order valence-corrected chi connectivity index (χ3v) is 33.3. The summed E-state index contributed by atoms with van der Waals surface area (Å²) in [4.78, 5) is 160. The summed E-state index contributed by atoms with van der Waals surface area (Å²) in [6, 6.07) is 16.8. The first kappa shape index (κ1) is 103. The number of carbonyl (C=O) groups excluding carboxylic acids is 11. The number of hydrogen-bond donors (Lipinski definition) is 9. The lowest BCUT2D eigenvalue weighted by Gasteiger charge is -2.41. The van der Waals surface area contributed by atoms with Crippen molar-refractivity contribution in [2.75, 3.05) is 113 Å². The van der Waals surface area contributed by atoms with Gasteiger partial charge in [0.25, 0.3) is 0 Å². The quantitative estimate of drug-likeness (QED) is 0.0147. The standard InChI is InChI=1S/C36H58N6O3.C34H53N5O4S.C33H51N5O5S/c1-42(2,3)25-11-10-16-32(38-29-14-8-5-9-15-29)34(44)41-22-17-31(39-35(45)40-23-20-36(18-19-36)21-24-40)30(27-41)33(43)37-26-28-12-6-4-7-13-28;1-25(40)9-4-2-7-13-30(36-26-10-5-3-6-11-26)32(42)39-19-14-29(28(24-39)31(41)35-23-27-12-8-22-44-27)37-33(43)38-20-17-34(15-16-34)18-21-38;1-24(39)43-20-6-5-11-29(35-25-8-3-2-4-9-25)31(41)38-17-12-28(27(23-38)30(40)34-22-26-10-7-21-44-26)36-32(42)37-18-15-33(13-14-33)16-19-37/h4,6-7,12-13,29-32,38H,5,8-11,14-27H2,1-3H3,(H-,37,39,43,45);8,12,22,26,28-30,36H,2-7,9-11,13-21,23-24H2,1H3,(H,35,41)(H,37,43);7,10,21,25,27-29,35H,2-6,8-9,11-20,22-23H2,1H3,(H,34,40)(H,36,42)/p+1/t30-,31+,32+;28-,29+,30+;27-,28+,29+/m000/s1. The minimum atomic E-state index is -0.532. The smallest absolute Gasteiger partial charge is 0.317 e. The number of ether oxygens (including phenoxy) is 1. The number of rotatable bonds is 37. The van der Waals surface area contributed by atoms with Crippen LogP contribution in [0.1, 0.15) is 292 Å². The number of nitrogens with zero attached hydrogens (tertiary/aromatic N) is 7. The lowest BCUT2D eigenvalue weighted by molar-refractivity contribution is -0.870. The van der Waals surface area contributed by atoms with Gasteiger partial charge in [0.05, 0.1) is 83.3 Å². The number of ketones is 1. The Labute approximate surface area is 801 Å². The van der Waals surface area contributed by atoms with Gasteiger partial charge in [0.1, 0.15) is 5.78 Å². The van der Waals surface area contributed by atoms with Gasteiger partial charge in [-0.05, 0) is 238 Å². The average molecular weight is 1880 g/mol. The Morgan fingerprint density at radius 1 is 0.383 bits per heavy atom. The van der Waals surface area contributed by atoms with Gasteiger partial charge >= 0.3 is 24.1 Å². The van der Waals surface area contributed by atoms with E-state index in [1.807, 2.05) is 94.8 Å². The van der Waals surface area contributed by atoms with Crippen LogP contribution < -0.4 is 47.9 Å². The van der Waals surface area contributed by atoms with Gasteiger partial charge in [0.2, 0.25) is 35.4 Å². The van der Waals surface area contributed by atoms with E-state index in [9.17, 15) is 52.7 Å². The zero-order valence-electron chi connectivity index (χ0n) is 81.1. The lowest BCUT2D eigenvalue weighted by Crippen LogP contribution is -2.61. The van der Waals surface area contributed by atoms with Crippen LogP contribution in [0.15, 0.2) is 65.4 Å². The molecule has 12 amide bonds. The summed E-state index contributed by atoms with van der Waals surface area (Å²) in [6.45, 7) is 12.9. The molecule has 0 unspecified atom stereocenters. The number of likely N-dealkylation sites (tertiary alicyclic amines) is 6. The van der Waals surface area contributed by atoms with Crippen molar-refractivity contribution in [1.29, 1.82) is 0 Å². The Kier molecular flexibility index (Phi) is 39.0. The summed E-state index contributed by atoms with van der Waals surface area (Å²) in [7, 11) is 6.64. The molecule has 30 heteroatoms. The fourth-order valence-electron chi connectivity index (χ4n) is 22.1. The highest BCUT2D eigenvalue weighted by Crippen LogP contribution is 2.55. The number of thiophene rings is 2. The van der Waals surface area contributed by atoms with Gasteiger partial charge in [-0.25, -0.2) is 14.4 Å². The van der Waals surface area contributed by atoms with Crippen molar-refractivity contribution in [3.05, 3.63) is 80.7 Å². The molecular formula is C103H163N16O12S2+. The lowest BCUT2D eigenvalue weighted by atomic mass is 9.89. The van der Waals surface area contributed by atoms with Crippen molar-refractivity contribution in [2.45, 2.75) is 351 Å². The normalized spacial score (nSPS) is 24.1. The molecule has 738 valence electrons. The summed E-state index contributed by atoms with van der Waals surface area (Å²) in [5, 5.41) is 34.1. The van der Waals surface area contributed by atoms with Gasteiger partial charge < -0.3 is 91.3 Å². The highest BCUT2D eigenvalue weighted by molar-refractivity contribution is 7.10. The molecule has 6 aliphatic heterocycles. The Hall–Kier alpha value is -7.77. The van der Waals surface area contributed by atoms with E-state index in [0.29, 0.717) is 132 Å². The van der Waals surface area contributed by atoms with Crippen LogP contribution in [0, 0.1) is 34.0 Å². The summed E-state index contributed by atoms with van der Waals surface area (Å²) in [5.74, 6) is -1.76. The molecule has 12 fully saturated rings. The zero-order chi connectivity index (χ0) is 93.8. The summed E-state index contributed by atoms with van der Waals surface area (Å²) in [6.07, 6.45) is 42.3. The second kappa shape index (κ2) is 50.5. The maximum Gasteiger partial charge on any atom is 0.317 e. The van der Waals surface area contributed by atoms with Gasteiger partial charge in [-0.3, -0.25) is 33.6 Å². The first-order chi connectivity index (χ1) is 64.2. The van der Waals surface area contributed by atoms with E-state index in [1.54, 1.807) is 29.6 Å². The molecule has 12 aliphatic rings. The molecule has 28 nitrogen and oxygen atoms in total. The van der Waals surface area contributed by atoms with Crippen LogP contribution in [0.5, 0.6) is 0 Å². The van der Waals surface area contributed by atoms with E-state index in [1.165, 1.54) is 103 Å². The minimum Gasteiger partial charge on any atom is -0.466 e. The number of hydrogen-bond acceptors (Lipinski definition) is 17. The van der Waals surface area contributed by atoms with Gasteiger partial charge in [0, 0.05) is 144 Å². The van der Waals surface area contributed by atoms with Crippen LogP contribution in [-0.4, -0.2) is 266 Å². The number of piperidine rings is 6. The van der Waals surface area contributed by atoms with Gasteiger partial charge in [-0.15, -0.1) is 22.7 Å². The molecule has 0 bridgehead atoms. The van der Waals surface area contributed by atoms with Crippen molar-refractivity contribution >= 4 is 88.0 Å². The van der Waals surface area contributed by atoms with E-state index >= 15 is 0 Å². The number of urea groups is 3. The van der Waals surface area contributed by atoms with Crippen molar-refractivity contribution in [3.8, 4) is 0 Å². The molecule has 6 saturated carbocycles. The topological polar surface area (TPSA) is 325 Å². The fraction of sp³-hybridized carbons (Fsp3) is 0.757. The van der Waals surface area contributed by atoms with Gasteiger partial charge in [-0.2, -0.15) is 0 Å². The Bertz CT molecular complexity index is 4000. The predicted octanol–water partition coefficient (Wildman–Crippen LogP) is 13.5. The van der Waals surface area contributed by atoms with Crippen LogP contribution >= 0.6 is 22.7 Å². The fourth-order valence-corrected chi connectivity index (χ4v) is 23.4. The summed E-state index contributed by atoms with van der Waals surface area (Å²) in [5.41, 5.74) is 2.50. The third-order valence-electron chi connectivity index (χ3n) is 31.6. The number of benzene rings is 1. The molecular weight excluding hydrogens is 1720 g/mol. The first-order valence-electron chi connectivity index (χ1n) is 51.9. The largest absolute Gasteiger partial charge is 0.466 e. The molecule has 8 heterocycles. The molecule has 15 rings (SSSR count). The molecule has 6 aliphatic carbocycles. The van der Waals surface area contributed by atoms with E-state index in [2.05, 4.69) is 69.0 Å². The Morgan fingerprint density at radius 2 is 0.729 bits per heavy atom. The first-order valence-corrected chi connectivity index (χ1v) is 53.7. The van der Waals surface area contributed by atoms with Gasteiger partial charge in [0.15, 0.2) is 0 Å². The van der Waals surface area contributed by atoms with E-state index in [-0.39, 0.29) is 108 Å². The zero-order valence-corrected chi connectivity index (χ0v) is 82.8. The molecule has 3 spiro atoms. The molecule has 3 aromatic rings. The minimum absolute atomic E-state index is 0.0228. The van der Waals surface area contributed by atoms with Crippen molar-refractivity contribution in [3.63, 3.8) is 0 Å². The number of unbranched alkanes of at least 4 members (excludes halogenated alkanes) is 4. The van der Waals surface area contributed by atoms with Crippen LogP contribution in [-0.2, 0) is 62.7 Å². The second-order valence-electron chi connectivity index (χ2n) is 42.8. The number of nitrogens with one attached hydrogen (secondary N) is 9. The molecule has 2 aromatic heterocycles. The molecule has 1 aromatic carbocycles. The molecule has 6 saturated heterocycles. The molecule has 9 atom stereocenters. The second-order valence-corrected chi connectivity index (χ2v) is 44.8. The molecule has 9 N–H and O–H groups in total. The predicted molar refractivity (Wildman–Crippen MR) is 521 cm³/mol. The van der Waals surface area contributed by atoms with Crippen molar-refractivity contribution in [2.24, 2.45) is 34.0 Å². The van der Waals surface area contributed by atoms with E-state index in [0.717, 1.165) is 194 Å². The number of carbonyl (C=O) groups is 11. The highest BCUT2D eigenvalue weighted by atomic mass is 32.1. The van der Waals surface area contributed by atoms with Crippen molar-refractivity contribution < 1.29 is 62.0 Å². The van der Waals surface area contributed by atoms with Crippen LogP contribution in [0.2, 0.25) is 0 Å². The summed E-state index contributed by atoms with van der Waals surface area (Å²) < 4.78 is 6.03. The van der Waals surface area contributed by atoms with Crippen LogP contribution in [0.4, 0.5) is 14.4 Å². The highest BCUT2D eigenvalue weighted by Gasteiger charge is 2.50. The van der Waals surface area contributed by atoms with Gasteiger partial charge in [-0.1, -0.05) is 113 Å².